The second-order valence-corrected chi connectivity index (χ2v) is 9.89. The summed E-state index contributed by atoms with van der Waals surface area (Å²) in [5.74, 6) is 1.92. The summed E-state index contributed by atoms with van der Waals surface area (Å²) in [7, 11) is -1.06. The maximum Gasteiger partial charge on any atom is 0.238 e. The number of benzene rings is 3. The van der Waals surface area contributed by atoms with Crippen molar-refractivity contribution >= 4 is 21.4 Å². The highest BCUT2D eigenvalue weighted by Gasteiger charge is 2.30. The second kappa shape index (κ2) is 9.46. The minimum absolute atomic E-state index is 0.00574. The van der Waals surface area contributed by atoms with Crippen LogP contribution in [0.5, 0.6) is 23.0 Å². The Morgan fingerprint density at radius 3 is 2.42 bits per heavy atom. The summed E-state index contributed by atoms with van der Waals surface area (Å²) < 4.78 is 55.3. The minimum atomic E-state index is -4.11. The second-order valence-electron chi connectivity index (χ2n) is 8.03. The molecule has 0 atom stereocenters. The Morgan fingerprint density at radius 2 is 1.67 bits per heavy atom. The van der Waals surface area contributed by atoms with Crippen LogP contribution in [0.3, 0.4) is 0 Å². The highest BCUT2D eigenvalue weighted by molar-refractivity contribution is 7.91. The van der Waals surface area contributed by atoms with E-state index < -0.39 is 9.84 Å². The normalized spacial score (nSPS) is 12.8. The van der Waals surface area contributed by atoms with Crippen molar-refractivity contribution < 1.29 is 31.8 Å². The van der Waals surface area contributed by atoms with Gasteiger partial charge >= 0.3 is 0 Å². The van der Waals surface area contributed by atoms with Gasteiger partial charge in [-0.1, -0.05) is 12.1 Å². The van der Waals surface area contributed by atoms with Crippen LogP contribution in [0.4, 0.5) is 11.6 Å². The zero-order valence-electron chi connectivity index (χ0n) is 19.9. The number of anilines is 2. The number of ether oxygens (including phenoxy) is 4. The quantitative estimate of drug-likeness (QED) is 0.368. The fourth-order valence-electron chi connectivity index (χ4n) is 3.82. The van der Waals surface area contributed by atoms with E-state index in [-0.39, 0.29) is 21.7 Å². The summed E-state index contributed by atoms with van der Waals surface area (Å²) in [6, 6.07) is 17.0. The first-order valence-electron chi connectivity index (χ1n) is 11.1. The third-order valence-corrected chi connectivity index (χ3v) is 7.24. The molecule has 0 amide bonds. The van der Waals surface area contributed by atoms with Crippen molar-refractivity contribution in [3.05, 3.63) is 66.2 Å². The molecule has 0 aliphatic carbocycles. The van der Waals surface area contributed by atoms with E-state index in [1.165, 1.54) is 26.4 Å². The number of methoxy groups -OCH3 is 2. The van der Waals surface area contributed by atoms with Crippen LogP contribution >= 0.6 is 0 Å². The Kier molecular flexibility index (Phi) is 6.19. The molecular formula is C26H24N2O7S. The Bertz CT molecular complexity index is 1530. The van der Waals surface area contributed by atoms with Crippen LogP contribution < -0.4 is 24.3 Å². The van der Waals surface area contributed by atoms with Crippen LogP contribution in [-0.4, -0.2) is 40.8 Å². The Hall–Kier alpha value is -4.18. The summed E-state index contributed by atoms with van der Waals surface area (Å²) in [6.07, 6.45) is 0. The first kappa shape index (κ1) is 23.6. The van der Waals surface area contributed by atoms with E-state index in [1.54, 1.807) is 24.3 Å². The molecule has 1 aliphatic rings. The fourth-order valence-corrected chi connectivity index (χ4v) is 5.09. The van der Waals surface area contributed by atoms with Crippen LogP contribution in [0, 0.1) is 6.92 Å². The van der Waals surface area contributed by atoms with E-state index in [0.29, 0.717) is 47.5 Å². The molecule has 10 heteroatoms. The summed E-state index contributed by atoms with van der Waals surface area (Å²) in [5.41, 5.74) is 2.17. The number of hydrogen-bond acceptors (Lipinski definition) is 9. The number of aryl methyl sites for hydroxylation is 1. The number of sulfone groups is 1. The predicted octanol–water partition coefficient (Wildman–Crippen LogP) is 5.01. The highest BCUT2D eigenvalue weighted by atomic mass is 32.2. The van der Waals surface area contributed by atoms with Crippen molar-refractivity contribution in [2.75, 3.05) is 32.8 Å². The van der Waals surface area contributed by atoms with Crippen LogP contribution in [-0.2, 0) is 9.84 Å². The van der Waals surface area contributed by atoms with E-state index in [4.69, 9.17) is 23.4 Å². The van der Waals surface area contributed by atoms with Crippen LogP contribution in [0.2, 0.25) is 0 Å². The maximum atomic E-state index is 13.8. The molecule has 0 saturated heterocycles. The molecule has 4 aromatic rings. The first-order valence-corrected chi connectivity index (χ1v) is 12.6. The Morgan fingerprint density at radius 1 is 0.889 bits per heavy atom. The molecule has 0 unspecified atom stereocenters. The average molecular weight is 509 g/mol. The van der Waals surface area contributed by atoms with Crippen molar-refractivity contribution in [1.29, 1.82) is 0 Å². The van der Waals surface area contributed by atoms with E-state index in [2.05, 4.69) is 10.3 Å². The van der Waals surface area contributed by atoms with Crippen LogP contribution in [0.25, 0.3) is 11.5 Å². The molecule has 1 N–H and O–H groups in total. The number of oxazole rings is 1. The SMILES string of the molecule is COc1ccc(-c2nc(S(=O)(=O)c3ccc4c(c3)OCCO4)c(Nc3cccc(C)c3)o2)cc1OC. The van der Waals surface area contributed by atoms with Gasteiger partial charge in [-0.05, 0) is 55.0 Å². The number of rotatable bonds is 7. The van der Waals surface area contributed by atoms with Gasteiger partial charge in [0.25, 0.3) is 0 Å². The topological polar surface area (TPSA) is 109 Å². The van der Waals surface area contributed by atoms with Crippen molar-refractivity contribution in [3.8, 4) is 34.5 Å². The zero-order chi connectivity index (χ0) is 25.3. The number of hydrogen-bond donors (Lipinski definition) is 1. The first-order chi connectivity index (χ1) is 17.4. The van der Waals surface area contributed by atoms with Gasteiger partial charge in [-0.25, -0.2) is 8.42 Å². The van der Waals surface area contributed by atoms with Gasteiger partial charge in [-0.2, -0.15) is 4.98 Å². The monoisotopic (exact) mass is 508 g/mol. The lowest BCUT2D eigenvalue weighted by atomic mass is 10.2. The molecule has 0 radical (unpaired) electrons. The third-order valence-electron chi connectivity index (χ3n) is 5.58. The van der Waals surface area contributed by atoms with E-state index in [0.717, 1.165) is 5.56 Å². The van der Waals surface area contributed by atoms with Gasteiger partial charge in [0.2, 0.25) is 26.6 Å². The van der Waals surface area contributed by atoms with Crippen molar-refractivity contribution in [2.24, 2.45) is 0 Å². The summed E-state index contributed by atoms with van der Waals surface area (Å²) in [6.45, 7) is 2.68. The number of nitrogens with one attached hydrogen (secondary N) is 1. The molecule has 1 aliphatic heterocycles. The van der Waals surface area contributed by atoms with E-state index >= 15 is 0 Å². The van der Waals surface area contributed by atoms with Crippen molar-refractivity contribution in [1.82, 2.24) is 4.98 Å². The minimum Gasteiger partial charge on any atom is -0.493 e. The van der Waals surface area contributed by atoms with Gasteiger partial charge in [0, 0.05) is 17.3 Å². The van der Waals surface area contributed by atoms with Crippen LogP contribution in [0.1, 0.15) is 5.56 Å². The molecule has 0 fully saturated rings. The molecular weight excluding hydrogens is 484 g/mol. The number of fused-ring (bicyclic) bond motifs is 1. The van der Waals surface area contributed by atoms with Crippen molar-refractivity contribution in [2.45, 2.75) is 16.8 Å². The molecule has 9 nitrogen and oxygen atoms in total. The molecule has 0 spiro atoms. The van der Waals surface area contributed by atoms with Gasteiger partial charge in [0.05, 0.1) is 19.1 Å². The summed E-state index contributed by atoms with van der Waals surface area (Å²) in [4.78, 5) is 4.41. The molecule has 1 aromatic heterocycles. The molecule has 0 bridgehead atoms. The molecule has 36 heavy (non-hydrogen) atoms. The fraction of sp³-hybridized carbons (Fsp3) is 0.192. The van der Waals surface area contributed by atoms with Crippen LogP contribution in [0.15, 0.2) is 75.0 Å². The summed E-state index contributed by atoms with van der Waals surface area (Å²) in [5, 5.41) is 2.81. The lowest BCUT2D eigenvalue weighted by Crippen LogP contribution is -2.16. The Balaban J connectivity index is 1.62. The van der Waals surface area contributed by atoms with Gasteiger partial charge in [0.15, 0.2) is 23.0 Å². The van der Waals surface area contributed by atoms with Gasteiger partial charge < -0.3 is 28.7 Å². The van der Waals surface area contributed by atoms with Gasteiger partial charge in [0.1, 0.15) is 13.2 Å². The number of nitrogens with zero attached hydrogens (tertiary/aromatic N) is 1. The molecule has 2 heterocycles. The largest absolute Gasteiger partial charge is 0.493 e. The lowest BCUT2D eigenvalue weighted by Gasteiger charge is -2.18. The van der Waals surface area contributed by atoms with Gasteiger partial charge in [-0.15, -0.1) is 0 Å². The average Bonchev–Trinajstić information content (AvgIpc) is 3.32. The molecule has 3 aromatic carbocycles. The predicted molar refractivity (Wildman–Crippen MR) is 132 cm³/mol. The highest BCUT2D eigenvalue weighted by Crippen LogP contribution is 2.39. The number of aromatic nitrogens is 1. The summed E-state index contributed by atoms with van der Waals surface area (Å²) >= 11 is 0. The molecule has 5 rings (SSSR count). The zero-order valence-corrected chi connectivity index (χ0v) is 20.7. The lowest BCUT2D eigenvalue weighted by molar-refractivity contribution is 0.171. The van der Waals surface area contributed by atoms with E-state index in [1.807, 2.05) is 31.2 Å². The Labute approximate surface area is 208 Å². The standard InChI is InChI=1S/C26H24N2O7S/c1-16-5-4-6-18(13-16)27-25-26(28-24(35-25)17-7-9-20(31-2)22(14-17)32-3)36(29,30)19-8-10-21-23(15-19)34-12-11-33-21/h4-10,13-15,27H,11-12H2,1-3H3. The third kappa shape index (κ3) is 4.42. The molecule has 186 valence electrons. The molecule has 0 saturated carbocycles. The van der Waals surface area contributed by atoms with Crippen molar-refractivity contribution in [3.63, 3.8) is 0 Å². The van der Waals surface area contributed by atoms with Gasteiger partial charge in [-0.3, -0.25) is 0 Å². The van der Waals surface area contributed by atoms with E-state index in [9.17, 15) is 8.42 Å². The maximum absolute atomic E-state index is 13.8. The smallest absolute Gasteiger partial charge is 0.238 e.